The standard InChI is InChI=1S/C24H31N3O/c1-2-3-7-16-28-21-12-10-20(11-13-21)24-22-18-27(15-14-23(22)25-26-24)17-19-8-5-4-6-9-19/h4-6,8-13,22,24,26H,2-3,7,14-18H2,1H3. The van der Waals surface area contributed by atoms with Gasteiger partial charge in [-0.15, -0.1) is 0 Å². The number of likely N-dealkylation sites (tertiary alicyclic amines) is 1. The van der Waals surface area contributed by atoms with Gasteiger partial charge in [-0.05, 0) is 29.7 Å². The van der Waals surface area contributed by atoms with Crippen molar-refractivity contribution in [2.75, 3.05) is 19.7 Å². The van der Waals surface area contributed by atoms with Crippen LogP contribution in [0.1, 0.15) is 49.8 Å². The van der Waals surface area contributed by atoms with Crippen LogP contribution in [0, 0.1) is 5.92 Å². The summed E-state index contributed by atoms with van der Waals surface area (Å²) in [4.78, 5) is 2.56. The molecular weight excluding hydrogens is 346 g/mol. The summed E-state index contributed by atoms with van der Waals surface area (Å²) < 4.78 is 5.86. The van der Waals surface area contributed by atoms with Crippen LogP contribution < -0.4 is 10.2 Å². The lowest BCUT2D eigenvalue weighted by Crippen LogP contribution is -2.41. The van der Waals surface area contributed by atoms with Gasteiger partial charge in [0.05, 0.1) is 12.6 Å². The number of nitrogens with zero attached hydrogens (tertiary/aromatic N) is 2. The maximum Gasteiger partial charge on any atom is 0.119 e. The van der Waals surface area contributed by atoms with Gasteiger partial charge < -0.3 is 10.2 Å². The lowest BCUT2D eigenvalue weighted by molar-refractivity contribution is 0.220. The van der Waals surface area contributed by atoms with Gasteiger partial charge in [-0.3, -0.25) is 4.90 Å². The fourth-order valence-electron chi connectivity index (χ4n) is 4.22. The van der Waals surface area contributed by atoms with Crippen molar-refractivity contribution in [2.45, 2.75) is 45.2 Å². The van der Waals surface area contributed by atoms with Gasteiger partial charge in [0.15, 0.2) is 0 Å². The summed E-state index contributed by atoms with van der Waals surface area (Å²) in [5.74, 6) is 1.42. The van der Waals surface area contributed by atoms with Crippen molar-refractivity contribution >= 4 is 5.71 Å². The summed E-state index contributed by atoms with van der Waals surface area (Å²) in [6.07, 6.45) is 4.63. The Morgan fingerprint density at radius 2 is 1.89 bits per heavy atom. The molecule has 4 rings (SSSR count). The molecule has 1 fully saturated rings. The van der Waals surface area contributed by atoms with Crippen LogP contribution in [0.25, 0.3) is 0 Å². The number of fused-ring (bicyclic) bond motifs is 1. The van der Waals surface area contributed by atoms with E-state index in [0.717, 1.165) is 44.8 Å². The van der Waals surface area contributed by atoms with Crippen molar-refractivity contribution in [3.63, 3.8) is 0 Å². The number of rotatable bonds is 8. The van der Waals surface area contributed by atoms with Crippen molar-refractivity contribution in [1.82, 2.24) is 10.3 Å². The summed E-state index contributed by atoms with van der Waals surface area (Å²) in [6.45, 7) is 6.18. The van der Waals surface area contributed by atoms with E-state index in [2.05, 4.69) is 76.9 Å². The largest absolute Gasteiger partial charge is 0.494 e. The van der Waals surface area contributed by atoms with Gasteiger partial charge in [0.2, 0.25) is 0 Å². The number of piperidine rings is 1. The third-order valence-corrected chi connectivity index (χ3v) is 5.82. The average molecular weight is 378 g/mol. The molecule has 0 amide bonds. The first-order valence-corrected chi connectivity index (χ1v) is 10.6. The molecule has 2 atom stereocenters. The number of nitrogens with one attached hydrogen (secondary N) is 1. The zero-order valence-electron chi connectivity index (χ0n) is 16.8. The zero-order chi connectivity index (χ0) is 19.2. The van der Waals surface area contributed by atoms with Gasteiger partial charge in [0.25, 0.3) is 0 Å². The number of hydrogen-bond donors (Lipinski definition) is 1. The molecule has 0 radical (unpaired) electrons. The van der Waals surface area contributed by atoms with Crippen molar-refractivity contribution in [3.8, 4) is 5.75 Å². The monoisotopic (exact) mass is 377 g/mol. The number of benzene rings is 2. The molecule has 1 saturated heterocycles. The molecule has 1 N–H and O–H groups in total. The van der Waals surface area contributed by atoms with Crippen LogP contribution in [-0.4, -0.2) is 30.3 Å². The van der Waals surface area contributed by atoms with Gasteiger partial charge in [-0.25, -0.2) is 0 Å². The molecule has 4 nitrogen and oxygen atoms in total. The second-order valence-corrected chi connectivity index (χ2v) is 7.91. The summed E-state index contributed by atoms with van der Waals surface area (Å²) in [5, 5.41) is 4.66. The highest BCUT2D eigenvalue weighted by Crippen LogP contribution is 2.33. The lowest BCUT2D eigenvalue weighted by Gasteiger charge is -2.33. The fourth-order valence-corrected chi connectivity index (χ4v) is 4.22. The van der Waals surface area contributed by atoms with E-state index in [1.807, 2.05) is 0 Å². The normalized spacial score (nSPS) is 21.7. The molecule has 4 heteroatoms. The number of hydrazone groups is 1. The lowest BCUT2D eigenvalue weighted by atomic mass is 9.86. The Balaban J connectivity index is 1.36. The van der Waals surface area contributed by atoms with Crippen molar-refractivity contribution in [3.05, 3.63) is 65.7 Å². The second kappa shape index (κ2) is 9.24. The van der Waals surface area contributed by atoms with E-state index in [9.17, 15) is 0 Å². The van der Waals surface area contributed by atoms with Crippen LogP contribution in [0.4, 0.5) is 0 Å². The summed E-state index contributed by atoms with van der Waals surface area (Å²) in [6, 6.07) is 19.6. The first-order valence-electron chi connectivity index (χ1n) is 10.6. The molecule has 0 aliphatic carbocycles. The minimum Gasteiger partial charge on any atom is -0.494 e. The third-order valence-electron chi connectivity index (χ3n) is 5.82. The molecule has 0 spiro atoms. The quantitative estimate of drug-likeness (QED) is 0.673. The Labute approximate surface area is 168 Å². The molecule has 0 bridgehead atoms. The highest BCUT2D eigenvalue weighted by molar-refractivity contribution is 5.89. The average Bonchev–Trinajstić information content (AvgIpc) is 3.16. The summed E-state index contributed by atoms with van der Waals surface area (Å²) in [7, 11) is 0. The van der Waals surface area contributed by atoms with Crippen LogP contribution in [-0.2, 0) is 6.54 Å². The Hall–Kier alpha value is -2.33. The van der Waals surface area contributed by atoms with Crippen molar-refractivity contribution in [1.29, 1.82) is 0 Å². The molecule has 2 aliphatic heterocycles. The number of hydrogen-bond acceptors (Lipinski definition) is 4. The highest BCUT2D eigenvalue weighted by Gasteiger charge is 2.36. The molecule has 28 heavy (non-hydrogen) atoms. The topological polar surface area (TPSA) is 36.9 Å². The molecular formula is C24H31N3O. The van der Waals surface area contributed by atoms with Gasteiger partial charge in [0, 0.05) is 37.7 Å². The number of ether oxygens (including phenoxy) is 1. The van der Waals surface area contributed by atoms with Gasteiger partial charge >= 0.3 is 0 Å². The van der Waals surface area contributed by atoms with E-state index >= 15 is 0 Å². The van der Waals surface area contributed by atoms with E-state index < -0.39 is 0 Å². The predicted octanol–water partition coefficient (Wildman–Crippen LogP) is 4.78. The van der Waals surface area contributed by atoms with E-state index in [4.69, 9.17) is 4.74 Å². The molecule has 2 heterocycles. The molecule has 0 saturated carbocycles. The SMILES string of the molecule is CCCCCOc1ccc(C2NN=C3CCN(Cc4ccccc4)CC32)cc1. The minimum atomic E-state index is 0.266. The van der Waals surface area contributed by atoms with Crippen LogP contribution in [0.3, 0.4) is 0 Å². The Kier molecular flexibility index (Phi) is 6.27. The highest BCUT2D eigenvalue weighted by atomic mass is 16.5. The second-order valence-electron chi connectivity index (χ2n) is 7.91. The van der Waals surface area contributed by atoms with Gasteiger partial charge in [-0.1, -0.05) is 62.2 Å². The van der Waals surface area contributed by atoms with E-state index in [-0.39, 0.29) is 6.04 Å². The molecule has 148 valence electrons. The van der Waals surface area contributed by atoms with E-state index in [0.29, 0.717) is 5.92 Å². The van der Waals surface area contributed by atoms with Crippen LogP contribution in [0.15, 0.2) is 59.7 Å². The van der Waals surface area contributed by atoms with Crippen molar-refractivity contribution < 1.29 is 4.74 Å². The van der Waals surface area contributed by atoms with Crippen molar-refractivity contribution in [2.24, 2.45) is 11.0 Å². The van der Waals surface area contributed by atoms with Crippen LogP contribution >= 0.6 is 0 Å². The predicted molar refractivity (Wildman–Crippen MR) is 115 cm³/mol. The summed E-state index contributed by atoms with van der Waals surface area (Å²) in [5.41, 5.74) is 7.41. The first kappa shape index (κ1) is 19.0. The summed E-state index contributed by atoms with van der Waals surface area (Å²) >= 11 is 0. The number of unbranched alkanes of at least 4 members (excludes halogenated alkanes) is 2. The first-order chi connectivity index (χ1) is 13.8. The van der Waals surface area contributed by atoms with Gasteiger partial charge in [-0.2, -0.15) is 5.10 Å². The van der Waals surface area contributed by atoms with Crippen LogP contribution in [0.5, 0.6) is 5.75 Å². The third kappa shape index (κ3) is 4.56. The zero-order valence-corrected chi connectivity index (χ0v) is 16.8. The molecule has 2 unspecified atom stereocenters. The van der Waals surface area contributed by atoms with Crippen LogP contribution in [0.2, 0.25) is 0 Å². The molecule has 0 aromatic heterocycles. The Morgan fingerprint density at radius 3 is 2.68 bits per heavy atom. The molecule has 2 aliphatic rings. The minimum absolute atomic E-state index is 0.266. The Morgan fingerprint density at radius 1 is 1.07 bits per heavy atom. The van der Waals surface area contributed by atoms with E-state index in [1.165, 1.54) is 29.7 Å². The van der Waals surface area contributed by atoms with Gasteiger partial charge in [0.1, 0.15) is 5.75 Å². The van der Waals surface area contributed by atoms with E-state index in [1.54, 1.807) is 0 Å². The Bertz CT molecular complexity index is 772. The maximum absolute atomic E-state index is 5.86. The smallest absolute Gasteiger partial charge is 0.119 e. The molecule has 2 aromatic rings. The molecule has 2 aromatic carbocycles. The maximum atomic E-state index is 5.86. The fraction of sp³-hybridized carbons (Fsp3) is 0.458.